The highest BCUT2D eigenvalue weighted by atomic mass is 79.9. The molecule has 1 amide bonds. The minimum absolute atomic E-state index is 0.367. The molecule has 2 aliphatic rings. The maximum Gasteiger partial charge on any atom is 0.411 e. The van der Waals surface area contributed by atoms with E-state index in [1.807, 2.05) is 24.3 Å². The van der Waals surface area contributed by atoms with Gasteiger partial charge in [-0.25, -0.2) is 4.79 Å². The number of carbonyl (C=O) groups is 1. The first-order valence-corrected chi connectivity index (χ1v) is 7.37. The average Bonchev–Trinajstić information content (AvgIpc) is 3.01. The maximum atomic E-state index is 11.7. The Kier molecular flexibility index (Phi) is 3.60. The predicted molar refractivity (Wildman–Crippen MR) is 78.0 cm³/mol. The highest BCUT2D eigenvalue weighted by Gasteiger charge is 2.36. The zero-order valence-electron chi connectivity index (χ0n) is 10.5. The number of fused-ring (bicyclic) bond motifs is 2. The number of hydrogen-bond donors (Lipinski definition) is 1. The minimum atomic E-state index is -0.367. The number of anilines is 1. The zero-order valence-corrected chi connectivity index (χ0v) is 12.1. The topological polar surface area (TPSA) is 38.3 Å². The lowest BCUT2D eigenvalue weighted by Gasteiger charge is -2.17. The van der Waals surface area contributed by atoms with Gasteiger partial charge in [0, 0.05) is 16.1 Å². The molecule has 0 spiro atoms. The van der Waals surface area contributed by atoms with Crippen LogP contribution in [0.4, 0.5) is 10.5 Å². The van der Waals surface area contributed by atoms with Crippen molar-refractivity contribution in [2.45, 2.75) is 12.8 Å². The van der Waals surface area contributed by atoms with E-state index < -0.39 is 0 Å². The minimum Gasteiger partial charge on any atom is -0.449 e. The van der Waals surface area contributed by atoms with E-state index >= 15 is 0 Å². The van der Waals surface area contributed by atoms with Gasteiger partial charge >= 0.3 is 6.09 Å². The Labute approximate surface area is 121 Å². The largest absolute Gasteiger partial charge is 0.449 e. The average molecular weight is 322 g/mol. The van der Waals surface area contributed by atoms with Crippen molar-refractivity contribution < 1.29 is 9.53 Å². The second-order valence-corrected chi connectivity index (χ2v) is 6.19. The number of allylic oxidation sites excluding steroid dienone is 2. The first-order valence-electron chi connectivity index (χ1n) is 6.58. The molecule has 2 aliphatic carbocycles. The number of halogens is 1. The highest BCUT2D eigenvalue weighted by Crippen LogP contribution is 2.43. The molecule has 19 heavy (non-hydrogen) atoms. The Morgan fingerprint density at radius 3 is 2.68 bits per heavy atom. The van der Waals surface area contributed by atoms with E-state index in [4.69, 9.17) is 4.74 Å². The summed E-state index contributed by atoms with van der Waals surface area (Å²) in [6.45, 7) is 0.522. The number of carbonyl (C=O) groups excluding carboxylic acids is 1. The van der Waals surface area contributed by atoms with Crippen LogP contribution >= 0.6 is 15.9 Å². The normalized spacial score (nSPS) is 27.5. The second-order valence-electron chi connectivity index (χ2n) is 5.27. The first kappa shape index (κ1) is 12.7. The molecule has 0 aliphatic heterocycles. The van der Waals surface area contributed by atoms with Gasteiger partial charge in [0.15, 0.2) is 0 Å². The monoisotopic (exact) mass is 321 g/mol. The molecule has 2 bridgehead atoms. The van der Waals surface area contributed by atoms with Gasteiger partial charge in [-0.3, -0.25) is 5.32 Å². The molecule has 3 atom stereocenters. The number of hydrogen-bond acceptors (Lipinski definition) is 2. The van der Waals surface area contributed by atoms with Gasteiger partial charge in [-0.1, -0.05) is 28.1 Å². The summed E-state index contributed by atoms with van der Waals surface area (Å²) in [4.78, 5) is 11.7. The van der Waals surface area contributed by atoms with E-state index in [1.54, 1.807) is 0 Å². The molecular formula is C15H16BrNO2. The van der Waals surface area contributed by atoms with Crippen molar-refractivity contribution in [1.82, 2.24) is 0 Å². The van der Waals surface area contributed by atoms with Crippen LogP contribution in [0.1, 0.15) is 12.8 Å². The molecule has 1 aromatic carbocycles. The Morgan fingerprint density at radius 1 is 1.26 bits per heavy atom. The molecule has 1 saturated carbocycles. The molecule has 3 nitrogen and oxygen atoms in total. The Hall–Kier alpha value is -1.29. The quantitative estimate of drug-likeness (QED) is 0.847. The van der Waals surface area contributed by atoms with E-state index in [9.17, 15) is 4.79 Å². The van der Waals surface area contributed by atoms with Gasteiger partial charge in [-0.2, -0.15) is 0 Å². The van der Waals surface area contributed by atoms with E-state index in [2.05, 4.69) is 33.4 Å². The Morgan fingerprint density at radius 2 is 2.05 bits per heavy atom. The molecule has 3 rings (SSSR count). The molecule has 1 fully saturated rings. The van der Waals surface area contributed by atoms with E-state index in [0.717, 1.165) is 16.6 Å². The number of amides is 1. The van der Waals surface area contributed by atoms with Crippen LogP contribution in [-0.4, -0.2) is 12.7 Å². The van der Waals surface area contributed by atoms with Gasteiger partial charge < -0.3 is 4.74 Å². The van der Waals surface area contributed by atoms with Gasteiger partial charge in [0.25, 0.3) is 0 Å². The summed E-state index contributed by atoms with van der Waals surface area (Å²) in [7, 11) is 0. The van der Waals surface area contributed by atoms with Gasteiger partial charge in [-0.05, 0) is 48.9 Å². The summed E-state index contributed by atoms with van der Waals surface area (Å²) >= 11 is 3.36. The summed E-state index contributed by atoms with van der Waals surface area (Å²) in [5.41, 5.74) is 0.751. The lowest BCUT2D eigenvalue weighted by molar-refractivity contribution is 0.134. The summed E-state index contributed by atoms with van der Waals surface area (Å²) in [6, 6.07) is 7.45. The van der Waals surface area contributed by atoms with Crippen molar-refractivity contribution in [1.29, 1.82) is 0 Å². The number of benzene rings is 1. The van der Waals surface area contributed by atoms with Gasteiger partial charge in [0.1, 0.15) is 0 Å². The van der Waals surface area contributed by atoms with Crippen molar-refractivity contribution in [2.75, 3.05) is 11.9 Å². The van der Waals surface area contributed by atoms with Crippen LogP contribution in [0.15, 0.2) is 40.9 Å². The maximum absolute atomic E-state index is 11.7. The summed E-state index contributed by atoms with van der Waals surface area (Å²) in [5, 5.41) is 2.74. The van der Waals surface area contributed by atoms with Crippen molar-refractivity contribution in [3.8, 4) is 0 Å². The van der Waals surface area contributed by atoms with Crippen molar-refractivity contribution in [3.05, 3.63) is 40.9 Å². The van der Waals surface area contributed by atoms with E-state index in [1.165, 1.54) is 6.42 Å². The van der Waals surface area contributed by atoms with Crippen LogP contribution in [0.2, 0.25) is 0 Å². The van der Waals surface area contributed by atoms with Crippen LogP contribution in [0.25, 0.3) is 0 Å². The highest BCUT2D eigenvalue weighted by molar-refractivity contribution is 9.10. The molecule has 0 radical (unpaired) electrons. The van der Waals surface area contributed by atoms with Crippen LogP contribution in [0, 0.1) is 17.8 Å². The molecule has 0 aromatic heterocycles. The summed E-state index contributed by atoms with van der Waals surface area (Å²) in [6.07, 6.45) is 6.60. The summed E-state index contributed by atoms with van der Waals surface area (Å²) in [5.74, 6) is 1.84. The molecule has 4 heteroatoms. The molecule has 0 saturated heterocycles. The van der Waals surface area contributed by atoms with E-state index in [-0.39, 0.29) is 6.09 Å². The third-order valence-electron chi connectivity index (χ3n) is 3.94. The number of nitrogens with one attached hydrogen (secondary N) is 1. The third kappa shape index (κ3) is 3.00. The smallest absolute Gasteiger partial charge is 0.411 e. The lowest BCUT2D eigenvalue weighted by Crippen LogP contribution is -2.21. The van der Waals surface area contributed by atoms with Gasteiger partial charge in [0.2, 0.25) is 0 Å². The van der Waals surface area contributed by atoms with Gasteiger partial charge in [0.05, 0.1) is 6.61 Å². The van der Waals surface area contributed by atoms with Crippen molar-refractivity contribution in [2.24, 2.45) is 17.8 Å². The molecule has 1 aromatic rings. The number of ether oxygens (including phenoxy) is 1. The fourth-order valence-electron chi connectivity index (χ4n) is 2.96. The third-order valence-corrected chi connectivity index (χ3v) is 4.46. The first-order chi connectivity index (χ1) is 9.20. The van der Waals surface area contributed by atoms with Crippen LogP contribution in [0.3, 0.4) is 0 Å². The van der Waals surface area contributed by atoms with Crippen molar-refractivity contribution >= 4 is 27.7 Å². The van der Waals surface area contributed by atoms with E-state index in [0.29, 0.717) is 24.4 Å². The van der Waals surface area contributed by atoms with Crippen molar-refractivity contribution in [3.63, 3.8) is 0 Å². The zero-order chi connectivity index (χ0) is 13.2. The standard InChI is InChI=1S/C15H16BrNO2/c16-13-3-5-14(6-4-13)17-15(18)19-9-12-8-10-1-2-11(12)7-10/h1-6,10-12H,7-9H2,(H,17,18). The molecule has 100 valence electrons. The van der Waals surface area contributed by atoms with Crippen LogP contribution in [-0.2, 0) is 4.74 Å². The van der Waals surface area contributed by atoms with Crippen LogP contribution < -0.4 is 5.32 Å². The van der Waals surface area contributed by atoms with Crippen LogP contribution in [0.5, 0.6) is 0 Å². The van der Waals surface area contributed by atoms with Gasteiger partial charge in [-0.15, -0.1) is 0 Å². The Bertz CT molecular complexity index is 497. The molecule has 1 N–H and O–H groups in total. The summed E-state index contributed by atoms with van der Waals surface area (Å²) < 4.78 is 6.30. The SMILES string of the molecule is O=C(Nc1ccc(Br)cc1)OCC1CC2C=CC1C2. The fraction of sp³-hybridized carbons (Fsp3) is 0.400. The second kappa shape index (κ2) is 5.37. The predicted octanol–water partition coefficient (Wildman–Crippen LogP) is 4.21. The Balaban J connectivity index is 1.47. The fourth-order valence-corrected chi connectivity index (χ4v) is 3.22. The molecular weight excluding hydrogens is 306 g/mol. The lowest BCUT2D eigenvalue weighted by atomic mass is 9.95. The molecule has 0 heterocycles. The number of rotatable bonds is 3. The molecule has 3 unspecified atom stereocenters.